The Bertz CT molecular complexity index is 751. The topological polar surface area (TPSA) is 67.5 Å². The van der Waals surface area contributed by atoms with Crippen LogP contribution in [-0.4, -0.2) is 59.5 Å². The molecule has 3 heterocycles. The zero-order valence-corrected chi connectivity index (χ0v) is 15.1. The predicted molar refractivity (Wildman–Crippen MR) is 97.9 cm³/mol. The number of piperidine rings is 1. The van der Waals surface area contributed by atoms with Crippen molar-refractivity contribution in [1.82, 2.24) is 15.1 Å². The Labute approximate surface area is 153 Å². The van der Waals surface area contributed by atoms with Crippen LogP contribution in [0.1, 0.15) is 36.0 Å². The van der Waals surface area contributed by atoms with Crippen LogP contribution in [-0.2, 0) is 9.47 Å². The number of carbonyl (C=O) groups excluding carboxylic acids is 1. The van der Waals surface area contributed by atoms with Crippen molar-refractivity contribution in [2.75, 3.05) is 26.8 Å². The first kappa shape index (κ1) is 17.2. The van der Waals surface area contributed by atoms with E-state index in [0.29, 0.717) is 18.7 Å². The first-order chi connectivity index (χ1) is 12.7. The van der Waals surface area contributed by atoms with Crippen LogP contribution in [0.25, 0.3) is 11.1 Å². The number of methoxy groups -OCH3 is 1. The molecule has 0 saturated carbocycles. The predicted octanol–water partition coefficient (Wildman–Crippen LogP) is 2.88. The summed E-state index contributed by atoms with van der Waals surface area (Å²) in [5.41, 5.74) is 2.47. The molecular formula is C20H25N3O3. The molecule has 2 saturated heterocycles. The van der Waals surface area contributed by atoms with E-state index in [1.165, 1.54) is 0 Å². The molecule has 1 N–H and O–H groups in total. The number of likely N-dealkylation sites (tertiary alicyclic amines) is 1. The van der Waals surface area contributed by atoms with Gasteiger partial charge in [0.15, 0.2) is 0 Å². The molecule has 6 nitrogen and oxygen atoms in total. The number of nitrogens with one attached hydrogen (secondary N) is 1. The zero-order valence-electron chi connectivity index (χ0n) is 15.1. The van der Waals surface area contributed by atoms with Gasteiger partial charge in [-0.3, -0.25) is 9.89 Å². The van der Waals surface area contributed by atoms with Gasteiger partial charge in [0.2, 0.25) is 0 Å². The lowest BCUT2D eigenvalue weighted by atomic mass is 9.81. The molecule has 2 aromatic rings. The number of hydrogen-bond acceptors (Lipinski definition) is 4. The number of rotatable bonds is 3. The van der Waals surface area contributed by atoms with Crippen LogP contribution < -0.4 is 0 Å². The third kappa shape index (κ3) is 3.15. The van der Waals surface area contributed by atoms with Crippen molar-refractivity contribution in [3.8, 4) is 11.1 Å². The van der Waals surface area contributed by atoms with Gasteiger partial charge in [-0.05, 0) is 43.4 Å². The summed E-state index contributed by atoms with van der Waals surface area (Å²) < 4.78 is 11.8. The van der Waals surface area contributed by atoms with Crippen molar-refractivity contribution in [3.05, 3.63) is 42.2 Å². The minimum absolute atomic E-state index is 0.0787. The number of benzene rings is 1. The fourth-order valence-electron chi connectivity index (χ4n) is 4.21. The van der Waals surface area contributed by atoms with Crippen LogP contribution >= 0.6 is 0 Å². The summed E-state index contributed by atoms with van der Waals surface area (Å²) in [6.45, 7) is 2.20. The van der Waals surface area contributed by atoms with E-state index in [2.05, 4.69) is 10.2 Å². The molecule has 1 spiro atoms. The highest BCUT2D eigenvalue weighted by molar-refractivity contribution is 5.95. The quantitative estimate of drug-likeness (QED) is 0.919. The summed E-state index contributed by atoms with van der Waals surface area (Å²) in [5.74, 6) is 0.0787. The van der Waals surface area contributed by atoms with Crippen LogP contribution in [0.15, 0.2) is 36.7 Å². The lowest BCUT2D eigenvalue weighted by molar-refractivity contribution is -0.183. The van der Waals surface area contributed by atoms with Gasteiger partial charge in [-0.2, -0.15) is 5.10 Å². The molecule has 0 aliphatic carbocycles. The summed E-state index contributed by atoms with van der Waals surface area (Å²) >= 11 is 0. The van der Waals surface area contributed by atoms with Gasteiger partial charge in [-0.1, -0.05) is 12.1 Å². The molecule has 1 unspecified atom stereocenters. The largest absolute Gasteiger partial charge is 0.378 e. The van der Waals surface area contributed by atoms with Crippen molar-refractivity contribution in [2.45, 2.75) is 37.4 Å². The van der Waals surface area contributed by atoms with Crippen LogP contribution in [0.4, 0.5) is 0 Å². The highest BCUT2D eigenvalue weighted by atomic mass is 16.5. The summed E-state index contributed by atoms with van der Waals surface area (Å²) in [4.78, 5) is 14.9. The Morgan fingerprint density at radius 2 is 2.19 bits per heavy atom. The fourth-order valence-corrected chi connectivity index (χ4v) is 4.21. The van der Waals surface area contributed by atoms with Gasteiger partial charge in [-0.15, -0.1) is 0 Å². The van der Waals surface area contributed by atoms with Gasteiger partial charge in [0, 0.05) is 44.1 Å². The molecule has 1 aromatic carbocycles. The Balaban J connectivity index is 1.46. The fraction of sp³-hybridized carbons (Fsp3) is 0.500. The molecule has 2 aliphatic rings. The average Bonchev–Trinajstić information content (AvgIpc) is 3.23. The molecule has 2 aliphatic heterocycles. The minimum Gasteiger partial charge on any atom is -0.378 e. The molecule has 2 fully saturated rings. The number of carbonyl (C=O) groups is 1. The maximum atomic E-state index is 13.0. The van der Waals surface area contributed by atoms with E-state index in [1.54, 1.807) is 13.3 Å². The van der Waals surface area contributed by atoms with Gasteiger partial charge < -0.3 is 14.4 Å². The molecule has 4 rings (SSSR count). The Hall–Kier alpha value is -2.18. The second-order valence-electron chi connectivity index (χ2n) is 7.14. The summed E-state index contributed by atoms with van der Waals surface area (Å²) in [7, 11) is 1.76. The number of aromatic nitrogens is 2. The highest BCUT2D eigenvalue weighted by Gasteiger charge is 2.45. The van der Waals surface area contributed by atoms with E-state index in [4.69, 9.17) is 9.47 Å². The van der Waals surface area contributed by atoms with Crippen LogP contribution in [0, 0.1) is 0 Å². The van der Waals surface area contributed by atoms with E-state index >= 15 is 0 Å². The third-order valence-electron chi connectivity index (χ3n) is 5.71. The van der Waals surface area contributed by atoms with Crippen molar-refractivity contribution in [1.29, 1.82) is 0 Å². The standard InChI is InChI=1S/C20H25N3O3/c1-25-18-6-3-11-26-20(18)7-9-23(10-8-20)19(24)16-5-2-4-15(12-16)17-13-21-22-14-17/h2,4-5,12-14,18H,3,6-11H2,1H3,(H,21,22). The smallest absolute Gasteiger partial charge is 0.253 e. The number of amides is 1. The molecule has 1 atom stereocenters. The van der Waals surface area contributed by atoms with Crippen molar-refractivity contribution >= 4 is 5.91 Å². The molecule has 6 heteroatoms. The number of ether oxygens (including phenoxy) is 2. The van der Waals surface area contributed by atoms with E-state index in [9.17, 15) is 4.79 Å². The maximum absolute atomic E-state index is 13.0. The van der Waals surface area contributed by atoms with Crippen LogP contribution in [0.2, 0.25) is 0 Å². The van der Waals surface area contributed by atoms with Crippen LogP contribution in [0.3, 0.4) is 0 Å². The lowest BCUT2D eigenvalue weighted by Crippen LogP contribution is -2.56. The molecule has 0 bridgehead atoms. The minimum atomic E-state index is -0.220. The maximum Gasteiger partial charge on any atom is 0.253 e. The lowest BCUT2D eigenvalue weighted by Gasteiger charge is -2.48. The number of hydrogen-bond donors (Lipinski definition) is 1. The van der Waals surface area contributed by atoms with Crippen LogP contribution in [0.5, 0.6) is 0 Å². The molecule has 0 radical (unpaired) electrons. The van der Waals surface area contributed by atoms with Gasteiger partial charge >= 0.3 is 0 Å². The second kappa shape index (κ2) is 7.21. The SMILES string of the molecule is COC1CCCOC12CCN(C(=O)c1cccc(-c3cn[nH]c3)c1)CC2. The summed E-state index contributed by atoms with van der Waals surface area (Å²) in [5, 5.41) is 6.79. The normalized spacial score (nSPS) is 22.5. The first-order valence-electron chi connectivity index (χ1n) is 9.27. The monoisotopic (exact) mass is 355 g/mol. The zero-order chi connectivity index (χ0) is 18.0. The van der Waals surface area contributed by atoms with Gasteiger partial charge in [0.25, 0.3) is 5.91 Å². The molecule has 1 aromatic heterocycles. The first-order valence-corrected chi connectivity index (χ1v) is 9.27. The van der Waals surface area contributed by atoms with E-state index in [1.807, 2.05) is 35.4 Å². The van der Waals surface area contributed by atoms with Crippen molar-refractivity contribution < 1.29 is 14.3 Å². The van der Waals surface area contributed by atoms with E-state index in [0.717, 1.165) is 43.4 Å². The number of nitrogens with zero attached hydrogens (tertiary/aromatic N) is 2. The average molecular weight is 355 g/mol. The van der Waals surface area contributed by atoms with Gasteiger partial charge in [0.1, 0.15) is 0 Å². The van der Waals surface area contributed by atoms with E-state index in [-0.39, 0.29) is 17.6 Å². The Kier molecular flexibility index (Phi) is 4.78. The molecule has 1 amide bonds. The summed E-state index contributed by atoms with van der Waals surface area (Å²) in [6.07, 6.45) is 7.48. The Morgan fingerprint density at radius 1 is 1.35 bits per heavy atom. The molecule has 26 heavy (non-hydrogen) atoms. The summed E-state index contributed by atoms with van der Waals surface area (Å²) in [6, 6.07) is 7.73. The Morgan fingerprint density at radius 3 is 2.92 bits per heavy atom. The van der Waals surface area contributed by atoms with Gasteiger partial charge in [0.05, 0.1) is 17.9 Å². The molecule has 138 valence electrons. The molecular weight excluding hydrogens is 330 g/mol. The van der Waals surface area contributed by atoms with E-state index < -0.39 is 0 Å². The second-order valence-corrected chi connectivity index (χ2v) is 7.14. The highest BCUT2D eigenvalue weighted by Crippen LogP contribution is 2.37. The number of aromatic amines is 1. The van der Waals surface area contributed by atoms with Crippen molar-refractivity contribution in [3.63, 3.8) is 0 Å². The number of H-pyrrole nitrogens is 1. The van der Waals surface area contributed by atoms with Crippen molar-refractivity contribution in [2.24, 2.45) is 0 Å². The van der Waals surface area contributed by atoms with Gasteiger partial charge in [-0.25, -0.2) is 0 Å². The third-order valence-corrected chi connectivity index (χ3v) is 5.71.